The van der Waals surface area contributed by atoms with Crippen molar-refractivity contribution in [1.82, 2.24) is 14.8 Å². The largest absolute Gasteiger partial charge is 0.478 e. The van der Waals surface area contributed by atoms with Crippen LogP contribution < -0.4 is 0 Å². The van der Waals surface area contributed by atoms with Crippen LogP contribution >= 0.6 is 34.7 Å². The molecule has 1 aromatic carbocycles. The molecule has 2 heterocycles. The Morgan fingerprint density at radius 3 is 2.88 bits per heavy atom. The predicted molar refractivity (Wildman–Crippen MR) is 96.7 cm³/mol. The van der Waals surface area contributed by atoms with Gasteiger partial charge in [-0.3, -0.25) is 0 Å². The van der Waals surface area contributed by atoms with Crippen LogP contribution in [0.5, 0.6) is 0 Å². The minimum atomic E-state index is -0.984. The van der Waals surface area contributed by atoms with Gasteiger partial charge in [-0.15, -0.1) is 23.1 Å². The Kier molecular flexibility index (Phi) is 4.93. The molecule has 2 aromatic heterocycles. The van der Waals surface area contributed by atoms with Gasteiger partial charge < -0.3 is 5.11 Å². The van der Waals surface area contributed by atoms with Crippen LogP contribution in [0.25, 0.3) is 5.13 Å². The maximum Gasteiger partial charge on any atom is 0.339 e. The van der Waals surface area contributed by atoms with Crippen LogP contribution in [0.3, 0.4) is 0 Å². The van der Waals surface area contributed by atoms with Gasteiger partial charge in [-0.05, 0) is 31.5 Å². The van der Waals surface area contributed by atoms with Gasteiger partial charge in [0.2, 0.25) is 5.13 Å². The average molecular weight is 380 g/mol. The first-order chi connectivity index (χ1) is 11.5. The van der Waals surface area contributed by atoms with E-state index in [-0.39, 0.29) is 5.56 Å². The smallest absolute Gasteiger partial charge is 0.339 e. The minimum absolute atomic E-state index is 0.190. The fourth-order valence-electron chi connectivity index (χ4n) is 2.09. The van der Waals surface area contributed by atoms with Gasteiger partial charge in [-0.25, -0.2) is 14.5 Å². The molecular formula is C16H14ClN3O2S2. The Morgan fingerprint density at radius 2 is 2.21 bits per heavy atom. The first-order valence-corrected chi connectivity index (χ1v) is 9.31. The van der Waals surface area contributed by atoms with Gasteiger partial charge in [0.05, 0.1) is 17.6 Å². The number of thioether (sulfide) groups is 1. The van der Waals surface area contributed by atoms with Crippen molar-refractivity contribution >= 4 is 40.7 Å². The van der Waals surface area contributed by atoms with Crippen molar-refractivity contribution < 1.29 is 9.90 Å². The number of carboxylic acid groups (broad SMARTS) is 1. The van der Waals surface area contributed by atoms with Crippen molar-refractivity contribution in [3.8, 4) is 5.13 Å². The summed E-state index contributed by atoms with van der Waals surface area (Å²) in [4.78, 5) is 16.7. The molecule has 0 bridgehead atoms. The molecule has 0 saturated heterocycles. The molecular weight excluding hydrogens is 366 g/mol. The van der Waals surface area contributed by atoms with Gasteiger partial charge in [0.1, 0.15) is 5.56 Å². The van der Waals surface area contributed by atoms with Crippen molar-refractivity contribution in [2.45, 2.75) is 24.5 Å². The van der Waals surface area contributed by atoms with Crippen molar-refractivity contribution in [3.05, 3.63) is 57.3 Å². The van der Waals surface area contributed by atoms with Gasteiger partial charge in [-0.2, -0.15) is 5.10 Å². The van der Waals surface area contributed by atoms with Crippen LogP contribution in [0.4, 0.5) is 0 Å². The van der Waals surface area contributed by atoms with E-state index in [2.05, 4.69) is 10.1 Å². The monoisotopic (exact) mass is 379 g/mol. The molecule has 3 aromatic rings. The van der Waals surface area contributed by atoms with E-state index in [1.807, 2.05) is 30.5 Å². The number of hydrogen-bond acceptors (Lipinski definition) is 5. The topological polar surface area (TPSA) is 68.0 Å². The molecule has 0 amide bonds. The summed E-state index contributed by atoms with van der Waals surface area (Å²) in [5, 5.41) is 16.6. The number of thiazole rings is 1. The molecule has 8 heteroatoms. The highest BCUT2D eigenvalue weighted by molar-refractivity contribution is 7.98. The lowest BCUT2D eigenvalue weighted by molar-refractivity contribution is 0.0696. The average Bonchev–Trinajstić information content (AvgIpc) is 3.14. The third-order valence-electron chi connectivity index (χ3n) is 3.49. The van der Waals surface area contributed by atoms with E-state index in [0.717, 1.165) is 21.2 Å². The third kappa shape index (κ3) is 3.48. The second-order valence-electron chi connectivity index (χ2n) is 5.18. The van der Waals surface area contributed by atoms with Crippen molar-refractivity contribution in [1.29, 1.82) is 0 Å². The molecule has 0 aliphatic carbocycles. The van der Waals surface area contributed by atoms with E-state index in [1.165, 1.54) is 17.5 Å². The molecule has 5 nitrogen and oxygen atoms in total. The zero-order chi connectivity index (χ0) is 17.3. The molecule has 0 spiro atoms. The first-order valence-electron chi connectivity index (χ1n) is 7.07. The number of halogens is 1. The highest BCUT2D eigenvalue weighted by atomic mass is 35.5. The highest BCUT2D eigenvalue weighted by Crippen LogP contribution is 2.28. The number of benzene rings is 1. The molecule has 0 aliphatic rings. The van der Waals surface area contributed by atoms with E-state index in [1.54, 1.807) is 23.4 Å². The standard InChI is InChI=1S/C16H14ClN3O2S2/c1-9-3-4-12(5-14(9)17)23-7-11-8-24-16(19-11)20-10(2)13(6-18-20)15(21)22/h3-6,8H,7H2,1-2H3,(H,21,22). The number of aromatic carboxylic acids is 1. The van der Waals surface area contributed by atoms with Gasteiger partial charge in [0.15, 0.2) is 0 Å². The van der Waals surface area contributed by atoms with Crippen LogP contribution in [0, 0.1) is 13.8 Å². The molecule has 0 atom stereocenters. The number of carbonyl (C=O) groups is 1. The van der Waals surface area contributed by atoms with Gasteiger partial charge in [0.25, 0.3) is 0 Å². The lowest BCUT2D eigenvalue weighted by atomic mass is 10.2. The molecule has 0 aliphatic heterocycles. The maximum atomic E-state index is 11.1. The molecule has 0 fully saturated rings. The SMILES string of the molecule is Cc1ccc(SCc2csc(-n3ncc(C(=O)O)c3C)n2)cc1Cl. The summed E-state index contributed by atoms with van der Waals surface area (Å²) >= 11 is 9.23. The second kappa shape index (κ2) is 6.96. The summed E-state index contributed by atoms with van der Waals surface area (Å²) in [6.07, 6.45) is 1.35. The van der Waals surface area contributed by atoms with Crippen LogP contribution in [0.1, 0.15) is 27.3 Å². The van der Waals surface area contributed by atoms with Crippen LogP contribution in [0.15, 0.2) is 34.7 Å². The van der Waals surface area contributed by atoms with E-state index in [0.29, 0.717) is 16.6 Å². The van der Waals surface area contributed by atoms with Gasteiger partial charge in [-0.1, -0.05) is 17.7 Å². The summed E-state index contributed by atoms with van der Waals surface area (Å²) in [6, 6.07) is 5.99. The molecule has 1 N–H and O–H groups in total. The first kappa shape index (κ1) is 17.0. The van der Waals surface area contributed by atoms with Crippen molar-refractivity contribution in [2.24, 2.45) is 0 Å². The predicted octanol–water partition coefficient (Wildman–Crippen LogP) is 4.59. The number of hydrogen-bond donors (Lipinski definition) is 1. The van der Waals surface area contributed by atoms with Gasteiger partial charge in [0, 0.05) is 21.1 Å². The quantitative estimate of drug-likeness (QED) is 0.656. The normalized spacial score (nSPS) is 11.0. The van der Waals surface area contributed by atoms with E-state index < -0.39 is 5.97 Å². The Morgan fingerprint density at radius 1 is 1.42 bits per heavy atom. The van der Waals surface area contributed by atoms with E-state index >= 15 is 0 Å². The lowest BCUT2D eigenvalue weighted by Crippen LogP contribution is -2.02. The molecule has 0 saturated carbocycles. The number of nitrogens with zero attached hydrogens (tertiary/aromatic N) is 3. The van der Waals surface area contributed by atoms with E-state index in [4.69, 9.17) is 16.7 Å². The fourth-order valence-corrected chi connectivity index (χ4v) is 4.10. The molecule has 124 valence electrons. The molecule has 24 heavy (non-hydrogen) atoms. The van der Waals surface area contributed by atoms with Crippen molar-refractivity contribution in [2.75, 3.05) is 0 Å². The summed E-state index contributed by atoms with van der Waals surface area (Å²) in [5.41, 5.74) is 2.74. The minimum Gasteiger partial charge on any atom is -0.478 e. The summed E-state index contributed by atoms with van der Waals surface area (Å²) in [7, 11) is 0. The van der Waals surface area contributed by atoms with E-state index in [9.17, 15) is 4.79 Å². The Hall–Kier alpha value is -1.83. The Balaban J connectivity index is 1.74. The zero-order valence-electron chi connectivity index (χ0n) is 13.0. The fraction of sp³-hybridized carbons (Fsp3) is 0.188. The van der Waals surface area contributed by atoms with Crippen LogP contribution in [0.2, 0.25) is 5.02 Å². The van der Waals surface area contributed by atoms with Crippen LogP contribution in [-0.4, -0.2) is 25.8 Å². The zero-order valence-corrected chi connectivity index (χ0v) is 15.4. The lowest BCUT2D eigenvalue weighted by Gasteiger charge is -2.02. The third-order valence-corrected chi connectivity index (χ3v) is 5.79. The number of aryl methyl sites for hydroxylation is 1. The number of aromatic nitrogens is 3. The number of carboxylic acids is 1. The molecule has 0 radical (unpaired) electrons. The molecule has 3 rings (SSSR count). The van der Waals surface area contributed by atoms with Gasteiger partial charge >= 0.3 is 5.97 Å². The Labute approximate surface area is 152 Å². The highest BCUT2D eigenvalue weighted by Gasteiger charge is 2.16. The summed E-state index contributed by atoms with van der Waals surface area (Å²) in [6.45, 7) is 3.70. The van der Waals surface area contributed by atoms with Crippen LogP contribution in [-0.2, 0) is 5.75 Å². The van der Waals surface area contributed by atoms with Crippen molar-refractivity contribution in [3.63, 3.8) is 0 Å². The summed E-state index contributed by atoms with van der Waals surface area (Å²) in [5.74, 6) is -0.274. The summed E-state index contributed by atoms with van der Waals surface area (Å²) < 4.78 is 1.56. The second-order valence-corrected chi connectivity index (χ2v) is 7.47. The maximum absolute atomic E-state index is 11.1. The number of rotatable bonds is 5. The molecule has 0 unspecified atom stereocenters. The Bertz CT molecular complexity index is 905.